The molecule has 0 saturated carbocycles. The second-order valence-electron chi connectivity index (χ2n) is 6.02. The van der Waals surface area contributed by atoms with E-state index in [4.69, 9.17) is 14.6 Å². The van der Waals surface area contributed by atoms with E-state index >= 15 is 0 Å². The predicted molar refractivity (Wildman–Crippen MR) is 84.6 cm³/mol. The number of aryl methyl sites for hydroxylation is 1. The van der Waals surface area contributed by atoms with Crippen LogP contribution in [0.2, 0.25) is 0 Å². The van der Waals surface area contributed by atoms with Crippen LogP contribution in [-0.2, 0) is 17.6 Å². The van der Waals surface area contributed by atoms with Gasteiger partial charge in [-0.2, -0.15) is 0 Å². The normalized spacial score (nSPS) is 17.5. The summed E-state index contributed by atoms with van der Waals surface area (Å²) < 4.78 is 10.4. The second-order valence-corrected chi connectivity index (χ2v) is 6.02. The second kappa shape index (κ2) is 9.06. The van der Waals surface area contributed by atoms with Crippen molar-refractivity contribution >= 4 is 0 Å². The number of rotatable bonds is 9. The van der Waals surface area contributed by atoms with Crippen LogP contribution in [0.3, 0.4) is 0 Å². The third-order valence-electron chi connectivity index (χ3n) is 4.37. The lowest BCUT2D eigenvalue weighted by Gasteiger charge is -2.25. The van der Waals surface area contributed by atoms with E-state index in [2.05, 4.69) is 18.2 Å². The van der Waals surface area contributed by atoms with Crippen LogP contribution < -0.4 is 4.74 Å². The topological polar surface area (TPSA) is 38.7 Å². The maximum absolute atomic E-state index is 8.78. The SMILES string of the molecule is COCOc1ccc2c(c1)CCC(CCCCCCO)C2. The van der Waals surface area contributed by atoms with Gasteiger partial charge in [-0.1, -0.05) is 31.7 Å². The predicted octanol–water partition coefficient (Wildman–Crippen LogP) is 3.72. The molecule has 0 spiro atoms. The van der Waals surface area contributed by atoms with Gasteiger partial charge in [0.1, 0.15) is 5.75 Å². The highest BCUT2D eigenvalue weighted by molar-refractivity contribution is 5.37. The van der Waals surface area contributed by atoms with Crippen molar-refractivity contribution in [3.63, 3.8) is 0 Å². The minimum Gasteiger partial charge on any atom is -0.468 e. The summed E-state index contributed by atoms with van der Waals surface area (Å²) in [6, 6.07) is 6.45. The highest BCUT2D eigenvalue weighted by atomic mass is 16.7. The molecule has 1 aliphatic carbocycles. The van der Waals surface area contributed by atoms with E-state index in [-0.39, 0.29) is 0 Å². The molecule has 1 aliphatic rings. The fraction of sp³-hybridized carbons (Fsp3) is 0.667. The molecule has 1 aromatic carbocycles. The number of unbranched alkanes of at least 4 members (excludes halogenated alkanes) is 3. The van der Waals surface area contributed by atoms with Gasteiger partial charge in [0.2, 0.25) is 0 Å². The van der Waals surface area contributed by atoms with Crippen molar-refractivity contribution in [2.45, 2.75) is 51.4 Å². The molecule has 2 rings (SSSR count). The number of methoxy groups -OCH3 is 1. The van der Waals surface area contributed by atoms with Crippen LogP contribution in [0.25, 0.3) is 0 Å². The van der Waals surface area contributed by atoms with Crippen LogP contribution in [0.5, 0.6) is 5.75 Å². The van der Waals surface area contributed by atoms with Crippen molar-refractivity contribution in [3.8, 4) is 5.75 Å². The summed E-state index contributed by atoms with van der Waals surface area (Å²) in [5.74, 6) is 1.75. The molecule has 0 saturated heterocycles. The number of benzene rings is 1. The first kappa shape index (κ1) is 16.3. The Bertz CT molecular complexity index is 417. The van der Waals surface area contributed by atoms with Crippen molar-refractivity contribution in [2.75, 3.05) is 20.5 Å². The van der Waals surface area contributed by atoms with E-state index in [0.717, 1.165) is 18.1 Å². The van der Waals surface area contributed by atoms with Gasteiger partial charge in [-0.25, -0.2) is 0 Å². The first-order valence-corrected chi connectivity index (χ1v) is 8.18. The highest BCUT2D eigenvalue weighted by Crippen LogP contribution is 2.31. The molecule has 0 fully saturated rings. The lowest BCUT2D eigenvalue weighted by atomic mass is 9.81. The van der Waals surface area contributed by atoms with E-state index in [1.165, 1.54) is 56.1 Å². The summed E-state index contributed by atoms with van der Waals surface area (Å²) in [5, 5.41) is 8.78. The van der Waals surface area contributed by atoms with Crippen molar-refractivity contribution in [1.29, 1.82) is 0 Å². The third kappa shape index (κ3) is 5.33. The molecule has 3 heteroatoms. The lowest BCUT2D eigenvalue weighted by molar-refractivity contribution is 0.0510. The average Bonchev–Trinajstić information content (AvgIpc) is 2.52. The molecule has 1 aromatic rings. The Labute approximate surface area is 128 Å². The van der Waals surface area contributed by atoms with Crippen LogP contribution in [0.15, 0.2) is 18.2 Å². The van der Waals surface area contributed by atoms with Crippen molar-refractivity contribution in [3.05, 3.63) is 29.3 Å². The number of ether oxygens (including phenoxy) is 2. The lowest BCUT2D eigenvalue weighted by Crippen LogP contribution is -2.14. The Morgan fingerprint density at radius 1 is 1.14 bits per heavy atom. The Balaban J connectivity index is 1.78. The van der Waals surface area contributed by atoms with Crippen molar-refractivity contribution < 1.29 is 14.6 Å². The zero-order chi connectivity index (χ0) is 14.9. The molecule has 21 heavy (non-hydrogen) atoms. The molecule has 0 aliphatic heterocycles. The summed E-state index contributed by atoms with van der Waals surface area (Å²) >= 11 is 0. The Hall–Kier alpha value is -1.06. The number of hydrogen-bond donors (Lipinski definition) is 1. The molecule has 0 amide bonds. The average molecular weight is 292 g/mol. The minimum absolute atomic E-state index is 0.315. The van der Waals surface area contributed by atoms with Gasteiger partial charge in [-0.15, -0.1) is 0 Å². The number of aliphatic hydroxyl groups is 1. The fourth-order valence-corrected chi connectivity index (χ4v) is 3.17. The first-order chi connectivity index (χ1) is 10.3. The monoisotopic (exact) mass is 292 g/mol. The van der Waals surface area contributed by atoms with Gasteiger partial charge < -0.3 is 14.6 Å². The molecular formula is C18H28O3. The molecule has 0 bridgehead atoms. The zero-order valence-corrected chi connectivity index (χ0v) is 13.1. The highest BCUT2D eigenvalue weighted by Gasteiger charge is 2.18. The molecule has 0 radical (unpaired) electrons. The number of aliphatic hydroxyl groups excluding tert-OH is 1. The summed E-state index contributed by atoms with van der Waals surface area (Å²) in [7, 11) is 1.64. The number of hydrogen-bond acceptors (Lipinski definition) is 3. The maximum atomic E-state index is 8.78. The standard InChI is InChI=1S/C18H28O3/c1-20-14-21-18-10-9-16-12-15(7-8-17(16)13-18)6-4-2-3-5-11-19/h9-10,13,15,19H,2-8,11-12,14H2,1H3. The van der Waals surface area contributed by atoms with E-state index < -0.39 is 0 Å². The zero-order valence-electron chi connectivity index (χ0n) is 13.1. The minimum atomic E-state index is 0.315. The fourth-order valence-electron chi connectivity index (χ4n) is 3.17. The Morgan fingerprint density at radius 2 is 2.00 bits per heavy atom. The summed E-state index contributed by atoms with van der Waals surface area (Å²) in [5.41, 5.74) is 2.94. The molecule has 1 atom stereocenters. The van der Waals surface area contributed by atoms with Gasteiger partial charge in [0, 0.05) is 13.7 Å². The van der Waals surface area contributed by atoms with Crippen LogP contribution in [0.4, 0.5) is 0 Å². The van der Waals surface area contributed by atoms with Gasteiger partial charge in [-0.3, -0.25) is 0 Å². The molecular weight excluding hydrogens is 264 g/mol. The quantitative estimate of drug-likeness (QED) is 0.557. The smallest absolute Gasteiger partial charge is 0.188 e. The third-order valence-corrected chi connectivity index (χ3v) is 4.37. The summed E-state index contributed by atoms with van der Waals surface area (Å²) in [6.07, 6.45) is 9.68. The van der Waals surface area contributed by atoms with E-state index in [1.807, 2.05) is 0 Å². The van der Waals surface area contributed by atoms with Crippen molar-refractivity contribution in [1.82, 2.24) is 0 Å². The summed E-state index contributed by atoms with van der Waals surface area (Å²) in [4.78, 5) is 0. The largest absolute Gasteiger partial charge is 0.468 e. The first-order valence-electron chi connectivity index (χ1n) is 8.18. The van der Waals surface area contributed by atoms with Crippen LogP contribution >= 0.6 is 0 Å². The maximum Gasteiger partial charge on any atom is 0.188 e. The molecule has 3 nitrogen and oxygen atoms in total. The Kier molecular flexibility index (Phi) is 7.04. The molecule has 0 aromatic heterocycles. The van der Waals surface area contributed by atoms with E-state index in [0.29, 0.717) is 13.4 Å². The van der Waals surface area contributed by atoms with Crippen LogP contribution in [0, 0.1) is 5.92 Å². The van der Waals surface area contributed by atoms with Gasteiger partial charge >= 0.3 is 0 Å². The summed E-state index contributed by atoms with van der Waals surface area (Å²) in [6.45, 7) is 0.652. The van der Waals surface area contributed by atoms with Crippen LogP contribution in [-0.4, -0.2) is 25.6 Å². The van der Waals surface area contributed by atoms with E-state index in [1.54, 1.807) is 7.11 Å². The van der Waals surface area contributed by atoms with Gasteiger partial charge in [0.15, 0.2) is 6.79 Å². The van der Waals surface area contributed by atoms with E-state index in [9.17, 15) is 0 Å². The number of fused-ring (bicyclic) bond motifs is 1. The molecule has 1 unspecified atom stereocenters. The van der Waals surface area contributed by atoms with Gasteiger partial charge in [0.05, 0.1) is 0 Å². The van der Waals surface area contributed by atoms with Crippen molar-refractivity contribution in [2.24, 2.45) is 5.92 Å². The van der Waals surface area contributed by atoms with Crippen LogP contribution in [0.1, 0.15) is 49.7 Å². The molecule has 0 heterocycles. The van der Waals surface area contributed by atoms with Gasteiger partial charge in [0.25, 0.3) is 0 Å². The molecule has 1 N–H and O–H groups in total. The molecule has 118 valence electrons. The Morgan fingerprint density at radius 3 is 2.81 bits per heavy atom. The van der Waals surface area contributed by atoms with Gasteiger partial charge in [-0.05, 0) is 54.9 Å².